The Morgan fingerprint density at radius 1 is 1.11 bits per heavy atom. The Balaban J connectivity index is 1.95. The highest BCUT2D eigenvalue weighted by molar-refractivity contribution is 5.46. The zero-order chi connectivity index (χ0) is 12.4. The minimum Gasteiger partial charge on any atom is -0.486 e. The first-order valence-corrected chi connectivity index (χ1v) is 6.11. The fourth-order valence-electron chi connectivity index (χ4n) is 2.29. The molecule has 4 heteroatoms. The average Bonchev–Trinajstić information content (AvgIpc) is 2.93. The Kier molecular flexibility index (Phi) is 2.94. The number of aromatic nitrogens is 1. The van der Waals surface area contributed by atoms with Crippen LogP contribution in [0.25, 0.3) is 0 Å². The highest BCUT2D eigenvalue weighted by Crippen LogP contribution is 2.34. The fourth-order valence-corrected chi connectivity index (χ4v) is 2.29. The van der Waals surface area contributed by atoms with Gasteiger partial charge >= 0.3 is 0 Å². The van der Waals surface area contributed by atoms with Gasteiger partial charge < -0.3 is 20.2 Å². The molecule has 0 spiro atoms. The van der Waals surface area contributed by atoms with E-state index in [1.807, 2.05) is 30.6 Å². The number of H-pyrrole nitrogens is 1. The summed E-state index contributed by atoms with van der Waals surface area (Å²) in [4.78, 5) is 3.07. The van der Waals surface area contributed by atoms with Crippen molar-refractivity contribution in [3.63, 3.8) is 0 Å². The molecule has 1 aromatic heterocycles. The summed E-state index contributed by atoms with van der Waals surface area (Å²) in [6, 6.07) is 8.09. The zero-order valence-corrected chi connectivity index (χ0v) is 10.1. The van der Waals surface area contributed by atoms with Gasteiger partial charge in [0.05, 0.1) is 0 Å². The third kappa shape index (κ3) is 1.95. The van der Waals surface area contributed by atoms with Crippen molar-refractivity contribution in [2.24, 2.45) is 5.73 Å². The maximum absolute atomic E-state index is 5.89. The molecule has 2 aromatic rings. The number of fused-ring (bicyclic) bond motifs is 1. The van der Waals surface area contributed by atoms with Crippen LogP contribution in [0.4, 0.5) is 0 Å². The van der Waals surface area contributed by atoms with E-state index in [9.17, 15) is 0 Å². The second kappa shape index (κ2) is 4.74. The highest BCUT2D eigenvalue weighted by Gasteiger charge is 2.17. The smallest absolute Gasteiger partial charge is 0.161 e. The van der Waals surface area contributed by atoms with Gasteiger partial charge in [-0.3, -0.25) is 0 Å². The molecule has 1 aliphatic rings. The van der Waals surface area contributed by atoms with E-state index in [0.29, 0.717) is 19.8 Å². The first kappa shape index (κ1) is 11.2. The lowest BCUT2D eigenvalue weighted by molar-refractivity contribution is 0.171. The SMILES string of the molecule is NCC(c1cc[nH]c1)c1ccc2c(c1)OCCO2. The van der Waals surface area contributed by atoms with Gasteiger partial charge in [0.25, 0.3) is 0 Å². The van der Waals surface area contributed by atoms with E-state index < -0.39 is 0 Å². The number of hydrogen-bond acceptors (Lipinski definition) is 3. The van der Waals surface area contributed by atoms with Gasteiger partial charge in [-0.15, -0.1) is 0 Å². The molecule has 1 aliphatic heterocycles. The van der Waals surface area contributed by atoms with Crippen molar-refractivity contribution in [2.45, 2.75) is 5.92 Å². The third-order valence-electron chi connectivity index (χ3n) is 3.23. The molecule has 4 nitrogen and oxygen atoms in total. The van der Waals surface area contributed by atoms with Gasteiger partial charge in [0.1, 0.15) is 13.2 Å². The van der Waals surface area contributed by atoms with Crippen molar-refractivity contribution >= 4 is 0 Å². The number of ether oxygens (including phenoxy) is 2. The Bertz CT molecular complexity index is 523. The number of nitrogens with one attached hydrogen (secondary N) is 1. The maximum atomic E-state index is 5.89. The summed E-state index contributed by atoms with van der Waals surface area (Å²) in [5.74, 6) is 1.81. The van der Waals surface area contributed by atoms with Gasteiger partial charge in [-0.05, 0) is 29.3 Å². The highest BCUT2D eigenvalue weighted by atomic mass is 16.6. The van der Waals surface area contributed by atoms with Crippen molar-refractivity contribution in [2.75, 3.05) is 19.8 Å². The van der Waals surface area contributed by atoms with Gasteiger partial charge in [0.15, 0.2) is 11.5 Å². The Hall–Kier alpha value is -1.94. The molecule has 1 atom stereocenters. The standard InChI is InChI=1S/C14H16N2O2/c15-8-12(11-3-4-16-9-11)10-1-2-13-14(7-10)18-6-5-17-13/h1-4,7,9,12,16H,5-6,8,15H2. The molecule has 3 rings (SSSR count). The molecule has 3 N–H and O–H groups in total. The monoisotopic (exact) mass is 244 g/mol. The summed E-state index contributed by atoms with van der Waals surface area (Å²) in [5.41, 5.74) is 8.23. The lowest BCUT2D eigenvalue weighted by Crippen LogP contribution is -2.17. The van der Waals surface area contributed by atoms with E-state index in [4.69, 9.17) is 15.2 Å². The number of hydrogen-bond donors (Lipinski definition) is 2. The molecular formula is C14H16N2O2. The van der Waals surface area contributed by atoms with E-state index in [-0.39, 0.29) is 5.92 Å². The normalized spacial score (nSPS) is 15.4. The van der Waals surface area contributed by atoms with Crippen molar-refractivity contribution in [1.29, 1.82) is 0 Å². The van der Waals surface area contributed by atoms with Gasteiger partial charge in [0, 0.05) is 24.9 Å². The molecule has 1 aromatic carbocycles. The van der Waals surface area contributed by atoms with E-state index in [2.05, 4.69) is 11.1 Å². The van der Waals surface area contributed by atoms with Crippen LogP contribution < -0.4 is 15.2 Å². The van der Waals surface area contributed by atoms with Crippen LogP contribution in [-0.2, 0) is 0 Å². The first-order chi connectivity index (χ1) is 8.88. The summed E-state index contributed by atoms with van der Waals surface area (Å²) in [5, 5.41) is 0. The predicted molar refractivity (Wildman–Crippen MR) is 69.1 cm³/mol. The number of benzene rings is 1. The largest absolute Gasteiger partial charge is 0.486 e. The van der Waals surface area contributed by atoms with Crippen molar-refractivity contribution in [1.82, 2.24) is 4.98 Å². The number of aromatic amines is 1. The minimum atomic E-state index is 0.187. The summed E-state index contributed by atoms with van der Waals surface area (Å²) in [7, 11) is 0. The van der Waals surface area contributed by atoms with E-state index in [1.54, 1.807) is 0 Å². The van der Waals surface area contributed by atoms with E-state index >= 15 is 0 Å². The van der Waals surface area contributed by atoms with Crippen molar-refractivity contribution in [3.8, 4) is 11.5 Å². The first-order valence-electron chi connectivity index (χ1n) is 6.11. The lowest BCUT2D eigenvalue weighted by atomic mass is 9.93. The quantitative estimate of drug-likeness (QED) is 0.866. The molecule has 94 valence electrons. The summed E-state index contributed by atoms with van der Waals surface area (Å²) < 4.78 is 11.1. The van der Waals surface area contributed by atoms with Crippen molar-refractivity contribution < 1.29 is 9.47 Å². The van der Waals surface area contributed by atoms with Crippen LogP contribution in [0.5, 0.6) is 11.5 Å². The van der Waals surface area contributed by atoms with Crippen LogP contribution in [0.3, 0.4) is 0 Å². The molecule has 2 heterocycles. The van der Waals surface area contributed by atoms with Crippen LogP contribution in [0, 0.1) is 0 Å². The topological polar surface area (TPSA) is 60.3 Å². The van der Waals surface area contributed by atoms with Crippen LogP contribution in [0.15, 0.2) is 36.7 Å². The fraction of sp³-hybridized carbons (Fsp3) is 0.286. The molecule has 0 fully saturated rings. The van der Waals surface area contributed by atoms with Crippen LogP contribution in [0.2, 0.25) is 0 Å². The number of nitrogens with two attached hydrogens (primary N) is 1. The minimum absolute atomic E-state index is 0.187. The molecule has 0 radical (unpaired) electrons. The lowest BCUT2D eigenvalue weighted by Gasteiger charge is -2.21. The Morgan fingerprint density at radius 3 is 2.67 bits per heavy atom. The maximum Gasteiger partial charge on any atom is 0.161 e. The second-order valence-corrected chi connectivity index (χ2v) is 4.34. The van der Waals surface area contributed by atoms with Crippen LogP contribution in [-0.4, -0.2) is 24.7 Å². The molecule has 0 bridgehead atoms. The van der Waals surface area contributed by atoms with Gasteiger partial charge in [-0.2, -0.15) is 0 Å². The third-order valence-corrected chi connectivity index (χ3v) is 3.23. The van der Waals surface area contributed by atoms with Gasteiger partial charge in [0.2, 0.25) is 0 Å². The Morgan fingerprint density at radius 2 is 1.94 bits per heavy atom. The molecule has 0 amide bonds. The average molecular weight is 244 g/mol. The van der Waals surface area contributed by atoms with Crippen LogP contribution in [0.1, 0.15) is 17.0 Å². The number of rotatable bonds is 3. The Labute approximate surface area is 106 Å². The van der Waals surface area contributed by atoms with E-state index in [1.165, 1.54) is 5.56 Å². The molecular weight excluding hydrogens is 228 g/mol. The summed E-state index contributed by atoms with van der Waals surface area (Å²) >= 11 is 0. The van der Waals surface area contributed by atoms with Gasteiger partial charge in [-0.25, -0.2) is 0 Å². The summed E-state index contributed by atoms with van der Waals surface area (Å²) in [6.07, 6.45) is 3.89. The predicted octanol–water partition coefficient (Wildman–Crippen LogP) is 1.88. The molecule has 0 saturated carbocycles. The molecule has 0 saturated heterocycles. The van der Waals surface area contributed by atoms with E-state index in [0.717, 1.165) is 17.1 Å². The summed E-state index contributed by atoms with van der Waals surface area (Å²) in [6.45, 7) is 1.79. The molecule has 18 heavy (non-hydrogen) atoms. The molecule has 0 aliphatic carbocycles. The zero-order valence-electron chi connectivity index (χ0n) is 10.1. The van der Waals surface area contributed by atoms with Crippen LogP contribution >= 0.6 is 0 Å². The van der Waals surface area contributed by atoms with Crippen molar-refractivity contribution in [3.05, 3.63) is 47.8 Å². The second-order valence-electron chi connectivity index (χ2n) is 4.34. The molecule has 1 unspecified atom stereocenters. The van der Waals surface area contributed by atoms with Gasteiger partial charge in [-0.1, -0.05) is 6.07 Å².